The molecular weight excluding hydrogens is 276 g/mol. The molecule has 0 aliphatic carbocycles. The molecule has 1 aliphatic heterocycles. The molecule has 1 amide bonds. The highest BCUT2D eigenvalue weighted by atomic mass is 32.2. The summed E-state index contributed by atoms with van der Waals surface area (Å²) in [7, 11) is 0. The van der Waals surface area contributed by atoms with E-state index in [9.17, 15) is 4.79 Å². The maximum atomic E-state index is 12.3. The second kappa shape index (κ2) is 5.75. The highest BCUT2D eigenvalue weighted by Crippen LogP contribution is 2.34. The minimum atomic E-state index is -0.0532. The van der Waals surface area contributed by atoms with Crippen LogP contribution >= 0.6 is 11.8 Å². The molecule has 1 saturated heterocycles. The second-order valence-corrected chi connectivity index (χ2v) is 6.09. The number of hydrogen-bond donors (Lipinski definition) is 0. The van der Waals surface area contributed by atoms with E-state index in [1.807, 2.05) is 28.8 Å². The van der Waals surface area contributed by atoms with Crippen molar-refractivity contribution in [3.05, 3.63) is 41.7 Å². The Labute approximate surface area is 121 Å². The van der Waals surface area contributed by atoms with Gasteiger partial charge >= 0.3 is 0 Å². The lowest BCUT2D eigenvalue weighted by Crippen LogP contribution is -2.33. The first-order valence-electron chi connectivity index (χ1n) is 6.61. The highest BCUT2D eigenvalue weighted by Gasteiger charge is 2.25. The van der Waals surface area contributed by atoms with Crippen molar-refractivity contribution in [1.82, 2.24) is 10.1 Å². The molecule has 5 nitrogen and oxygen atoms in total. The van der Waals surface area contributed by atoms with Crippen LogP contribution in [0.3, 0.4) is 0 Å². The normalized spacial score (nSPS) is 19.9. The maximum Gasteiger partial charge on any atom is 0.276 e. The molecule has 0 radical (unpaired) electrons. The summed E-state index contributed by atoms with van der Waals surface area (Å²) in [5, 5.41) is 4.12. The summed E-state index contributed by atoms with van der Waals surface area (Å²) in [5.74, 6) is 2.49. The van der Waals surface area contributed by atoms with E-state index in [2.05, 4.69) is 5.16 Å². The van der Waals surface area contributed by atoms with Crippen LogP contribution in [0.25, 0.3) is 0 Å². The van der Waals surface area contributed by atoms with Gasteiger partial charge in [-0.2, -0.15) is 0 Å². The van der Waals surface area contributed by atoms with Crippen LogP contribution in [0.2, 0.25) is 0 Å². The molecule has 2 aromatic rings. The smallest absolute Gasteiger partial charge is 0.276 e. The van der Waals surface area contributed by atoms with E-state index in [4.69, 9.17) is 8.94 Å². The van der Waals surface area contributed by atoms with E-state index in [0.29, 0.717) is 23.2 Å². The van der Waals surface area contributed by atoms with Crippen molar-refractivity contribution in [3.8, 4) is 0 Å². The molecular formula is C14H16N2O3S. The number of thioether (sulfide) groups is 1. The molecule has 6 heteroatoms. The molecule has 106 valence electrons. The lowest BCUT2D eigenvalue weighted by Gasteiger charge is -2.18. The highest BCUT2D eigenvalue weighted by molar-refractivity contribution is 7.99. The average molecular weight is 292 g/mol. The van der Waals surface area contributed by atoms with Gasteiger partial charge in [0.25, 0.3) is 5.91 Å². The van der Waals surface area contributed by atoms with Crippen LogP contribution in [-0.2, 0) is 0 Å². The van der Waals surface area contributed by atoms with Gasteiger partial charge in [-0.25, -0.2) is 0 Å². The fourth-order valence-electron chi connectivity index (χ4n) is 2.30. The summed E-state index contributed by atoms with van der Waals surface area (Å²) in [6, 6.07) is 5.59. The number of amides is 1. The third kappa shape index (κ3) is 2.75. The van der Waals surface area contributed by atoms with Gasteiger partial charge in [-0.1, -0.05) is 5.16 Å². The van der Waals surface area contributed by atoms with Crippen molar-refractivity contribution in [2.24, 2.45) is 0 Å². The number of carbonyl (C=O) groups is 1. The van der Waals surface area contributed by atoms with Crippen molar-refractivity contribution in [2.75, 3.05) is 18.8 Å². The van der Waals surface area contributed by atoms with E-state index < -0.39 is 0 Å². The van der Waals surface area contributed by atoms with Crippen molar-refractivity contribution in [1.29, 1.82) is 0 Å². The van der Waals surface area contributed by atoms with Crippen LogP contribution in [0.1, 0.15) is 33.7 Å². The second-order valence-electron chi connectivity index (χ2n) is 4.78. The lowest BCUT2D eigenvalue weighted by molar-refractivity contribution is 0.0755. The van der Waals surface area contributed by atoms with Crippen LogP contribution in [0.5, 0.6) is 0 Å². The Bertz CT molecular complexity index is 579. The fraction of sp³-hybridized carbons (Fsp3) is 0.429. The minimum Gasteiger partial charge on any atom is -0.468 e. The zero-order valence-corrected chi connectivity index (χ0v) is 12.1. The van der Waals surface area contributed by atoms with Gasteiger partial charge in [-0.15, -0.1) is 11.8 Å². The van der Waals surface area contributed by atoms with Crippen LogP contribution in [0.15, 0.2) is 33.4 Å². The van der Waals surface area contributed by atoms with E-state index in [0.717, 1.165) is 24.5 Å². The molecule has 0 N–H and O–H groups in total. The summed E-state index contributed by atoms with van der Waals surface area (Å²) in [6.07, 6.45) is 2.59. The Kier molecular flexibility index (Phi) is 3.82. The van der Waals surface area contributed by atoms with Gasteiger partial charge in [0.05, 0.1) is 11.5 Å². The molecule has 20 heavy (non-hydrogen) atoms. The third-order valence-electron chi connectivity index (χ3n) is 3.34. The molecule has 1 aliphatic rings. The Balaban J connectivity index is 1.66. The zero-order chi connectivity index (χ0) is 13.9. The average Bonchev–Trinajstić information content (AvgIpc) is 3.05. The number of rotatable bonds is 2. The van der Waals surface area contributed by atoms with Gasteiger partial charge < -0.3 is 13.8 Å². The van der Waals surface area contributed by atoms with Crippen LogP contribution < -0.4 is 0 Å². The standard InChI is InChI=1S/C14H16N2O3S/c1-10-9-11(15-19-10)14(17)16-5-4-13(20-8-6-16)12-3-2-7-18-12/h2-3,7,9,13H,4-6,8H2,1H3/t13-/m0/s1. The van der Waals surface area contributed by atoms with Gasteiger partial charge in [-0.3, -0.25) is 4.79 Å². The van der Waals surface area contributed by atoms with Gasteiger partial charge in [0.1, 0.15) is 11.5 Å². The molecule has 0 saturated carbocycles. The summed E-state index contributed by atoms with van der Waals surface area (Å²) < 4.78 is 10.4. The van der Waals surface area contributed by atoms with Crippen molar-refractivity contribution in [3.63, 3.8) is 0 Å². The predicted molar refractivity (Wildman–Crippen MR) is 75.7 cm³/mol. The van der Waals surface area contributed by atoms with Gasteiger partial charge in [0.15, 0.2) is 5.69 Å². The molecule has 1 atom stereocenters. The molecule has 3 rings (SSSR count). The first-order chi connectivity index (χ1) is 9.74. The monoisotopic (exact) mass is 292 g/mol. The first-order valence-corrected chi connectivity index (χ1v) is 7.66. The van der Waals surface area contributed by atoms with E-state index in [1.54, 1.807) is 19.3 Å². The molecule has 0 bridgehead atoms. The van der Waals surface area contributed by atoms with Crippen LogP contribution in [0, 0.1) is 6.92 Å². The van der Waals surface area contributed by atoms with E-state index in [1.165, 1.54) is 0 Å². The quantitative estimate of drug-likeness (QED) is 0.851. The Morgan fingerprint density at radius 3 is 3.10 bits per heavy atom. The SMILES string of the molecule is Cc1cc(C(=O)N2CCS[C@H](c3ccco3)CC2)no1. The number of furan rings is 1. The number of aromatic nitrogens is 1. The molecule has 0 aromatic carbocycles. The summed E-state index contributed by atoms with van der Waals surface area (Å²) >= 11 is 1.83. The summed E-state index contributed by atoms with van der Waals surface area (Å²) in [5.41, 5.74) is 0.393. The van der Waals surface area contributed by atoms with Crippen LogP contribution in [-0.4, -0.2) is 34.8 Å². The number of carbonyl (C=O) groups excluding carboxylic acids is 1. The van der Waals surface area contributed by atoms with Crippen molar-refractivity contribution >= 4 is 17.7 Å². The predicted octanol–water partition coefficient (Wildman–Crippen LogP) is 2.90. The number of hydrogen-bond acceptors (Lipinski definition) is 5. The molecule has 2 aromatic heterocycles. The summed E-state index contributed by atoms with van der Waals surface area (Å²) in [4.78, 5) is 14.2. The number of aryl methyl sites for hydroxylation is 1. The van der Waals surface area contributed by atoms with Gasteiger partial charge in [0.2, 0.25) is 0 Å². The Morgan fingerprint density at radius 2 is 2.40 bits per heavy atom. The van der Waals surface area contributed by atoms with E-state index >= 15 is 0 Å². The largest absolute Gasteiger partial charge is 0.468 e. The first kappa shape index (κ1) is 13.3. The van der Waals surface area contributed by atoms with Crippen LogP contribution in [0.4, 0.5) is 0 Å². The molecule has 1 fully saturated rings. The van der Waals surface area contributed by atoms with Crippen molar-refractivity contribution in [2.45, 2.75) is 18.6 Å². The maximum absolute atomic E-state index is 12.3. The molecule has 0 unspecified atom stereocenters. The van der Waals surface area contributed by atoms with Gasteiger partial charge in [0, 0.05) is 24.9 Å². The van der Waals surface area contributed by atoms with E-state index in [-0.39, 0.29) is 5.91 Å². The fourth-order valence-corrected chi connectivity index (χ4v) is 3.49. The molecule has 0 spiro atoms. The molecule has 3 heterocycles. The minimum absolute atomic E-state index is 0.0532. The Hall–Kier alpha value is -1.69. The topological polar surface area (TPSA) is 59.5 Å². The van der Waals surface area contributed by atoms with Gasteiger partial charge in [-0.05, 0) is 25.5 Å². The number of nitrogens with zero attached hydrogens (tertiary/aromatic N) is 2. The zero-order valence-electron chi connectivity index (χ0n) is 11.2. The summed E-state index contributed by atoms with van der Waals surface area (Å²) in [6.45, 7) is 3.23. The lowest BCUT2D eigenvalue weighted by atomic mass is 10.2. The van der Waals surface area contributed by atoms with Crippen molar-refractivity contribution < 1.29 is 13.7 Å². The Morgan fingerprint density at radius 1 is 1.50 bits per heavy atom. The third-order valence-corrected chi connectivity index (χ3v) is 4.62.